The van der Waals surface area contributed by atoms with E-state index in [4.69, 9.17) is 5.73 Å². The summed E-state index contributed by atoms with van der Waals surface area (Å²) in [5.74, 6) is 0. The van der Waals surface area contributed by atoms with Crippen LogP contribution < -0.4 is 5.73 Å². The minimum Gasteiger partial charge on any atom is -0.326 e. The van der Waals surface area contributed by atoms with Gasteiger partial charge in [0.15, 0.2) is 0 Å². The minimum absolute atomic E-state index is 0.116. The molecule has 0 amide bonds. The second-order valence-corrected chi connectivity index (χ2v) is 5.08. The molecule has 0 aromatic heterocycles. The molecule has 0 heterocycles. The van der Waals surface area contributed by atoms with Crippen LogP contribution in [0.5, 0.6) is 0 Å². The highest BCUT2D eigenvalue weighted by Gasteiger charge is 2.33. The van der Waals surface area contributed by atoms with Crippen LogP contribution in [-0.4, -0.2) is 0 Å². The van der Waals surface area contributed by atoms with Gasteiger partial charge in [-0.3, -0.25) is 0 Å². The van der Waals surface area contributed by atoms with E-state index in [2.05, 4.69) is 0 Å². The summed E-state index contributed by atoms with van der Waals surface area (Å²) in [5.41, 5.74) is 4.80. The van der Waals surface area contributed by atoms with E-state index in [9.17, 15) is 13.2 Å². The van der Waals surface area contributed by atoms with E-state index < -0.39 is 11.7 Å². The van der Waals surface area contributed by atoms with Crippen molar-refractivity contribution in [2.24, 2.45) is 5.73 Å². The van der Waals surface area contributed by atoms with E-state index in [-0.39, 0.29) is 12.1 Å². The molecule has 0 spiro atoms. The topological polar surface area (TPSA) is 26.0 Å². The van der Waals surface area contributed by atoms with Crippen molar-refractivity contribution < 1.29 is 13.2 Å². The number of benzene rings is 2. The fourth-order valence-corrected chi connectivity index (χ4v) is 2.56. The van der Waals surface area contributed by atoms with Gasteiger partial charge < -0.3 is 5.73 Å². The van der Waals surface area contributed by atoms with Crippen molar-refractivity contribution in [2.45, 2.75) is 22.5 Å². The summed E-state index contributed by atoms with van der Waals surface area (Å²) in [6, 6.07) is 13.5. The molecule has 100 valence electrons. The van der Waals surface area contributed by atoms with E-state index in [1.807, 2.05) is 30.3 Å². The van der Waals surface area contributed by atoms with Crippen molar-refractivity contribution in [3.63, 3.8) is 0 Å². The molecule has 1 nitrogen and oxygen atoms in total. The number of rotatable bonds is 3. The van der Waals surface area contributed by atoms with Crippen molar-refractivity contribution in [3.8, 4) is 0 Å². The van der Waals surface area contributed by atoms with Crippen molar-refractivity contribution in [1.29, 1.82) is 0 Å². The van der Waals surface area contributed by atoms with Crippen LogP contribution in [0.2, 0.25) is 0 Å². The van der Waals surface area contributed by atoms with E-state index in [0.717, 1.165) is 11.0 Å². The third-order valence-electron chi connectivity index (χ3n) is 2.59. The molecule has 2 rings (SSSR count). The summed E-state index contributed by atoms with van der Waals surface area (Å²) < 4.78 is 38.7. The highest BCUT2D eigenvalue weighted by molar-refractivity contribution is 7.99. The van der Waals surface area contributed by atoms with Crippen molar-refractivity contribution in [1.82, 2.24) is 0 Å². The molecule has 0 bridgehead atoms. The summed E-state index contributed by atoms with van der Waals surface area (Å²) in [6.45, 7) is -0.120. The molecule has 0 atom stereocenters. The Morgan fingerprint density at radius 3 is 2.21 bits per heavy atom. The van der Waals surface area contributed by atoms with Gasteiger partial charge in [-0.05, 0) is 29.8 Å². The molecule has 5 heteroatoms. The molecule has 0 aliphatic carbocycles. The molecule has 2 aromatic rings. The van der Waals surface area contributed by atoms with Gasteiger partial charge in [0.2, 0.25) is 0 Å². The van der Waals surface area contributed by atoms with Crippen LogP contribution in [0.4, 0.5) is 13.2 Å². The fraction of sp³-hybridized carbons (Fsp3) is 0.143. The molecular weight excluding hydrogens is 271 g/mol. The number of halogens is 3. The third-order valence-corrected chi connectivity index (χ3v) is 3.58. The monoisotopic (exact) mass is 283 g/mol. The smallest absolute Gasteiger partial charge is 0.326 e. The Balaban J connectivity index is 2.33. The highest BCUT2D eigenvalue weighted by atomic mass is 32.2. The van der Waals surface area contributed by atoms with Gasteiger partial charge >= 0.3 is 6.18 Å². The first-order chi connectivity index (χ1) is 9.00. The molecule has 0 radical (unpaired) electrons. The van der Waals surface area contributed by atoms with Gasteiger partial charge in [-0.25, -0.2) is 0 Å². The van der Waals surface area contributed by atoms with Crippen molar-refractivity contribution in [3.05, 3.63) is 59.7 Å². The Morgan fingerprint density at radius 1 is 0.947 bits per heavy atom. The van der Waals surface area contributed by atoms with Gasteiger partial charge in [0.1, 0.15) is 0 Å². The van der Waals surface area contributed by atoms with Gasteiger partial charge in [-0.1, -0.05) is 36.0 Å². The first-order valence-electron chi connectivity index (χ1n) is 5.64. The molecule has 2 N–H and O–H groups in total. The zero-order valence-corrected chi connectivity index (χ0v) is 10.8. The van der Waals surface area contributed by atoms with Crippen LogP contribution in [-0.2, 0) is 12.7 Å². The minimum atomic E-state index is -4.37. The molecule has 2 aromatic carbocycles. The van der Waals surface area contributed by atoms with Gasteiger partial charge in [-0.2, -0.15) is 13.2 Å². The first kappa shape index (κ1) is 14.0. The van der Waals surface area contributed by atoms with Crippen LogP contribution in [0.1, 0.15) is 11.1 Å². The zero-order chi connectivity index (χ0) is 13.9. The molecule has 0 saturated heterocycles. The fourth-order valence-electron chi connectivity index (χ4n) is 1.69. The lowest BCUT2D eigenvalue weighted by Crippen LogP contribution is -2.11. The van der Waals surface area contributed by atoms with Gasteiger partial charge in [-0.15, -0.1) is 0 Å². The Morgan fingerprint density at radius 2 is 1.63 bits per heavy atom. The average Bonchev–Trinajstić information content (AvgIpc) is 2.39. The Hall–Kier alpha value is -1.46. The molecular formula is C14H12F3NS. The SMILES string of the molecule is NCc1ccc(Sc2ccccc2)cc1C(F)(F)F. The number of hydrogen-bond donors (Lipinski definition) is 1. The summed E-state index contributed by atoms with van der Waals surface area (Å²) in [5, 5.41) is 0. The summed E-state index contributed by atoms with van der Waals surface area (Å²) >= 11 is 1.30. The molecule has 19 heavy (non-hydrogen) atoms. The van der Waals surface area contributed by atoms with E-state index in [1.54, 1.807) is 6.07 Å². The second-order valence-electron chi connectivity index (χ2n) is 3.94. The Labute approximate surface area is 113 Å². The lowest BCUT2D eigenvalue weighted by Gasteiger charge is -2.13. The Kier molecular flexibility index (Phi) is 4.17. The molecule has 0 saturated carbocycles. The number of alkyl halides is 3. The summed E-state index contributed by atoms with van der Waals surface area (Å²) in [4.78, 5) is 1.45. The molecule has 0 unspecified atom stereocenters. The molecule has 0 aliphatic rings. The largest absolute Gasteiger partial charge is 0.416 e. The molecule has 0 fully saturated rings. The van der Waals surface area contributed by atoms with E-state index in [1.165, 1.54) is 17.8 Å². The number of hydrogen-bond acceptors (Lipinski definition) is 2. The first-order valence-corrected chi connectivity index (χ1v) is 6.45. The lowest BCUT2D eigenvalue weighted by molar-refractivity contribution is -0.138. The second kappa shape index (κ2) is 5.67. The van der Waals surface area contributed by atoms with E-state index >= 15 is 0 Å². The highest BCUT2D eigenvalue weighted by Crippen LogP contribution is 2.36. The van der Waals surface area contributed by atoms with Crippen LogP contribution in [0.15, 0.2) is 58.3 Å². The average molecular weight is 283 g/mol. The Bertz CT molecular complexity index is 552. The predicted octanol–water partition coefficient (Wildman–Crippen LogP) is 4.32. The quantitative estimate of drug-likeness (QED) is 0.908. The van der Waals surface area contributed by atoms with E-state index in [0.29, 0.717) is 4.90 Å². The van der Waals surface area contributed by atoms with Crippen molar-refractivity contribution >= 4 is 11.8 Å². The van der Waals surface area contributed by atoms with Crippen LogP contribution >= 0.6 is 11.8 Å². The predicted molar refractivity (Wildman–Crippen MR) is 69.9 cm³/mol. The summed E-state index contributed by atoms with van der Waals surface area (Å²) in [6.07, 6.45) is -4.37. The maximum absolute atomic E-state index is 12.9. The third kappa shape index (κ3) is 3.52. The van der Waals surface area contributed by atoms with Gasteiger partial charge in [0.05, 0.1) is 5.56 Å². The number of nitrogens with two attached hydrogens (primary N) is 1. The maximum Gasteiger partial charge on any atom is 0.416 e. The zero-order valence-electron chi connectivity index (χ0n) is 9.95. The summed E-state index contributed by atoms with van der Waals surface area (Å²) in [7, 11) is 0. The van der Waals surface area contributed by atoms with Crippen LogP contribution in [0.3, 0.4) is 0 Å². The standard InChI is InChI=1S/C14H12F3NS/c15-14(16,17)13-8-12(7-6-10(13)9-18)19-11-4-2-1-3-5-11/h1-8H,9,18H2. The lowest BCUT2D eigenvalue weighted by atomic mass is 10.1. The van der Waals surface area contributed by atoms with Crippen molar-refractivity contribution in [2.75, 3.05) is 0 Å². The maximum atomic E-state index is 12.9. The normalized spacial score (nSPS) is 11.6. The van der Waals surface area contributed by atoms with Crippen LogP contribution in [0, 0.1) is 0 Å². The van der Waals surface area contributed by atoms with Gasteiger partial charge in [0.25, 0.3) is 0 Å². The van der Waals surface area contributed by atoms with Gasteiger partial charge in [0, 0.05) is 16.3 Å². The molecule has 0 aliphatic heterocycles. The van der Waals surface area contributed by atoms with Crippen LogP contribution in [0.25, 0.3) is 0 Å².